The number of nitrogens with one attached hydrogen (secondary N) is 1. The van der Waals surface area contributed by atoms with E-state index in [-0.39, 0.29) is 7.23 Å². The zero-order valence-corrected chi connectivity index (χ0v) is 8.98. The van der Waals surface area contributed by atoms with Gasteiger partial charge < -0.3 is 5.32 Å². The number of rotatable bonds is 1. The molecule has 0 aliphatic rings. The molecule has 8 heavy (non-hydrogen) atoms. The van der Waals surface area contributed by atoms with Gasteiger partial charge in [-0.15, -0.1) is 0 Å². The molecular weight excluding hydrogens is 331 g/mol. The minimum atomic E-state index is -0.301. The van der Waals surface area contributed by atoms with Crippen LogP contribution in [0.3, 0.4) is 0 Å². The molecule has 0 saturated heterocycles. The maximum atomic E-state index is 10.7. The average molecular weight is 337 g/mol. The van der Waals surface area contributed by atoms with Gasteiger partial charge in [-0.05, 0) is 0 Å². The van der Waals surface area contributed by atoms with Gasteiger partial charge in [0.05, 0.1) is 0 Å². The second kappa shape index (κ2) is 3.24. The van der Waals surface area contributed by atoms with E-state index in [9.17, 15) is 4.79 Å². The Morgan fingerprint density at radius 2 is 2.12 bits per heavy atom. The highest BCUT2D eigenvalue weighted by molar-refractivity contribution is 14.2. The fourth-order valence-electron chi connectivity index (χ4n) is 0.219. The van der Waals surface area contributed by atoms with Crippen molar-refractivity contribution < 1.29 is 4.79 Å². The zero-order valence-electron chi connectivity index (χ0n) is 4.66. The number of hydrogen-bond donors (Lipinski definition) is 1. The van der Waals surface area contributed by atoms with Gasteiger partial charge in [0.25, 0.3) is 0 Å². The maximum Gasteiger partial charge on any atom is 0.237 e. The quantitative estimate of drug-likeness (QED) is 0.404. The molecule has 1 amide bonds. The van der Waals surface area contributed by atoms with Crippen LogP contribution in [0.5, 0.6) is 0 Å². The van der Waals surface area contributed by atoms with Crippen LogP contribution in [0.1, 0.15) is 0 Å². The van der Waals surface area contributed by atoms with Gasteiger partial charge in [0.1, 0.15) is 9.17 Å². The van der Waals surface area contributed by atoms with Crippen LogP contribution >= 0.6 is 45.2 Å². The van der Waals surface area contributed by atoms with E-state index in [2.05, 4.69) is 50.5 Å². The van der Waals surface area contributed by atoms with Crippen LogP contribution in [0, 0.1) is 0 Å². The Morgan fingerprint density at radius 1 is 1.75 bits per heavy atom. The van der Waals surface area contributed by atoms with Crippen LogP contribution in [0.2, 0.25) is 0 Å². The fourth-order valence-corrected chi connectivity index (χ4v) is 0.759. The van der Waals surface area contributed by atoms with Crippen LogP contribution < -0.4 is 5.32 Å². The first-order valence-corrected chi connectivity index (χ1v) is 4.24. The normalized spacial score (nSPS) is 10.9. The second-order valence-electron chi connectivity index (χ2n) is 1.47. The Morgan fingerprint density at radius 3 is 2.12 bits per heavy atom. The molecule has 0 fully saturated rings. The van der Waals surface area contributed by atoms with Crippen LogP contribution in [0.15, 0.2) is 0 Å². The van der Waals surface area contributed by atoms with Crippen molar-refractivity contribution in [3.05, 3.63) is 0 Å². The molecule has 0 atom stereocenters. The van der Waals surface area contributed by atoms with E-state index in [1.165, 1.54) is 0 Å². The van der Waals surface area contributed by atoms with Gasteiger partial charge in [0, 0.05) is 7.05 Å². The first kappa shape index (κ1) is 8.99. The molecule has 0 rings (SSSR count). The highest BCUT2D eigenvalue weighted by atomic mass is 127. The maximum absolute atomic E-state index is 10.7. The molecule has 0 aromatic rings. The summed E-state index contributed by atoms with van der Waals surface area (Å²) >= 11 is 4.15. The van der Waals surface area contributed by atoms with E-state index >= 15 is 0 Å². The van der Waals surface area contributed by atoms with E-state index in [4.69, 9.17) is 0 Å². The smallest absolute Gasteiger partial charge is 0.237 e. The molecule has 46 valence electrons. The molecule has 1 N–H and O–H groups in total. The van der Waals surface area contributed by atoms with E-state index < -0.39 is 0 Å². The summed E-state index contributed by atoms with van der Waals surface area (Å²) in [7, 11) is 3.49. The minimum absolute atomic E-state index is 0.0544. The minimum Gasteiger partial charge on any atom is -0.358 e. The average Bonchev–Trinajstić information content (AvgIpc) is 1.62. The Hall–Kier alpha value is 0.995. The Kier molecular flexibility index (Phi) is 3.64. The van der Waals surface area contributed by atoms with Crippen LogP contribution in [0.4, 0.5) is 0 Å². The summed E-state index contributed by atoms with van der Waals surface area (Å²) in [5.41, 5.74) is 0. The molecule has 0 aliphatic carbocycles. The van der Waals surface area contributed by atoms with Crippen LogP contribution in [-0.4, -0.2) is 22.1 Å². The second-order valence-corrected chi connectivity index (χ2v) is 7.85. The lowest BCUT2D eigenvalue weighted by Gasteiger charge is -2.10. The summed E-state index contributed by atoms with van der Waals surface area (Å²) in [6, 6.07) is 0. The lowest BCUT2D eigenvalue weighted by atomic mass is 10.1. The summed E-state index contributed by atoms with van der Waals surface area (Å²) in [5.74, 6) is 0.0544. The molecule has 0 aromatic heterocycles. The SMILES string of the molecule is BC(I)(I)C(=O)NC. The molecule has 2 nitrogen and oxygen atoms in total. The molecular formula is C3H6BI2NO. The zero-order chi connectivity index (χ0) is 6.78. The molecule has 0 heterocycles. The van der Waals surface area contributed by atoms with E-state index in [1.54, 1.807) is 7.05 Å². The Bertz CT molecular complexity index is 99.9. The van der Waals surface area contributed by atoms with Crippen molar-refractivity contribution in [2.45, 2.75) is 1.33 Å². The molecule has 0 unspecified atom stereocenters. The lowest BCUT2D eigenvalue weighted by molar-refractivity contribution is -0.118. The monoisotopic (exact) mass is 337 g/mol. The standard InChI is InChI=1S/C3H6BI2NO/c1-7-2(8)3(4,5)6/h4H2,1H3,(H,7,8). The fraction of sp³-hybridized carbons (Fsp3) is 0.667. The highest BCUT2D eigenvalue weighted by Crippen LogP contribution is 2.22. The summed E-state index contributed by atoms with van der Waals surface area (Å²) in [5, 5.41) is 2.55. The van der Waals surface area contributed by atoms with E-state index in [0.29, 0.717) is 0 Å². The summed E-state index contributed by atoms with van der Waals surface area (Å²) < 4.78 is -0.301. The van der Waals surface area contributed by atoms with Gasteiger partial charge in [0.15, 0.2) is 0 Å². The first-order chi connectivity index (χ1) is 3.48. The summed E-state index contributed by atoms with van der Waals surface area (Å²) in [4.78, 5) is 10.7. The van der Waals surface area contributed by atoms with Crippen molar-refractivity contribution >= 4 is 58.9 Å². The molecule has 0 radical (unpaired) electrons. The summed E-state index contributed by atoms with van der Waals surface area (Å²) in [6.07, 6.45) is 0. The third kappa shape index (κ3) is 3.11. The number of amides is 1. The Labute approximate surface area is 76.9 Å². The van der Waals surface area contributed by atoms with Crippen LogP contribution in [0.25, 0.3) is 0 Å². The number of carbonyl (C=O) groups excluding carboxylic acids is 1. The van der Waals surface area contributed by atoms with Crippen LogP contribution in [-0.2, 0) is 4.79 Å². The van der Waals surface area contributed by atoms with Gasteiger partial charge in [-0.25, -0.2) is 0 Å². The molecule has 5 heteroatoms. The van der Waals surface area contributed by atoms with Gasteiger partial charge in [-0.2, -0.15) is 0 Å². The van der Waals surface area contributed by atoms with Crippen molar-refractivity contribution in [1.82, 2.24) is 5.32 Å². The third-order valence-corrected chi connectivity index (χ3v) is 1.61. The molecule has 0 spiro atoms. The molecule has 0 bridgehead atoms. The molecule has 0 aliphatic heterocycles. The predicted octanol–water partition coefficient (Wildman–Crippen LogP) is -0.111. The van der Waals surface area contributed by atoms with E-state index in [0.717, 1.165) is 0 Å². The first-order valence-electron chi connectivity index (χ1n) is 2.08. The molecule has 0 saturated carbocycles. The van der Waals surface area contributed by atoms with Crippen molar-refractivity contribution in [1.29, 1.82) is 0 Å². The predicted molar refractivity (Wildman–Crippen MR) is 53.4 cm³/mol. The Balaban J connectivity index is 3.82. The number of alkyl halides is 2. The highest BCUT2D eigenvalue weighted by Gasteiger charge is 2.23. The van der Waals surface area contributed by atoms with Crippen molar-refractivity contribution in [3.8, 4) is 0 Å². The van der Waals surface area contributed by atoms with Gasteiger partial charge >= 0.3 is 0 Å². The van der Waals surface area contributed by atoms with E-state index in [1.807, 2.05) is 7.85 Å². The van der Waals surface area contributed by atoms with Crippen molar-refractivity contribution in [2.24, 2.45) is 0 Å². The number of halogens is 2. The topological polar surface area (TPSA) is 29.1 Å². The largest absolute Gasteiger partial charge is 0.358 e. The van der Waals surface area contributed by atoms with Gasteiger partial charge in [0.2, 0.25) is 5.91 Å². The number of hydrogen-bond acceptors (Lipinski definition) is 1. The molecule has 0 aromatic carbocycles. The van der Waals surface area contributed by atoms with Crippen molar-refractivity contribution in [2.75, 3.05) is 7.05 Å². The van der Waals surface area contributed by atoms with Gasteiger partial charge in [-0.1, -0.05) is 45.2 Å². The van der Waals surface area contributed by atoms with Crippen molar-refractivity contribution in [3.63, 3.8) is 0 Å². The van der Waals surface area contributed by atoms with Gasteiger partial charge in [-0.3, -0.25) is 4.79 Å². The summed E-state index contributed by atoms with van der Waals surface area (Å²) in [6.45, 7) is 0. The third-order valence-electron chi connectivity index (χ3n) is 0.626. The lowest BCUT2D eigenvalue weighted by Crippen LogP contribution is -2.35. The number of carbonyl (C=O) groups is 1.